The molecule has 0 saturated carbocycles. The number of ether oxygens (including phenoxy) is 1. The Morgan fingerprint density at radius 3 is 3.17 bits per heavy atom. The summed E-state index contributed by atoms with van der Waals surface area (Å²) in [5.41, 5.74) is 0. The van der Waals surface area contributed by atoms with Gasteiger partial charge in [0, 0.05) is 13.2 Å². The second-order valence-corrected chi connectivity index (χ2v) is 3.34. The van der Waals surface area contributed by atoms with E-state index in [0.717, 1.165) is 26.0 Å². The summed E-state index contributed by atoms with van der Waals surface area (Å²) >= 11 is 0. The SMILES string of the molecule is O=C1CNCN1CC1CCCO1. The van der Waals surface area contributed by atoms with Crippen molar-refractivity contribution in [2.24, 2.45) is 0 Å². The number of nitrogens with zero attached hydrogens (tertiary/aromatic N) is 1. The maximum absolute atomic E-state index is 11.2. The average molecular weight is 170 g/mol. The van der Waals surface area contributed by atoms with E-state index in [9.17, 15) is 4.79 Å². The lowest BCUT2D eigenvalue weighted by Gasteiger charge is -2.18. The van der Waals surface area contributed by atoms with Gasteiger partial charge in [-0.1, -0.05) is 0 Å². The summed E-state index contributed by atoms with van der Waals surface area (Å²) in [6.45, 7) is 2.82. The molecule has 0 spiro atoms. The van der Waals surface area contributed by atoms with Gasteiger partial charge in [0.15, 0.2) is 0 Å². The first-order valence-electron chi connectivity index (χ1n) is 4.46. The number of nitrogens with one attached hydrogen (secondary N) is 1. The lowest BCUT2D eigenvalue weighted by Crippen LogP contribution is -2.34. The normalized spacial score (nSPS) is 30.2. The Hall–Kier alpha value is -0.610. The standard InChI is InChI=1S/C8H14N2O2/c11-8-4-9-6-10(8)5-7-2-1-3-12-7/h7,9H,1-6H2. The Bertz CT molecular complexity index is 178. The van der Waals surface area contributed by atoms with Crippen LogP contribution in [-0.4, -0.2) is 43.3 Å². The molecule has 0 aliphatic carbocycles. The first kappa shape index (κ1) is 8.01. The molecule has 1 unspecified atom stereocenters. The highest BCUT2D eigenvalue weighted by Crippen LogP contribution is 2.13. The van der Waals surface area contributed by atoms with Gasteiger partial charge in [0.05, 0.1) is 19.3 Å². The van der Waals surface area contributed by atoms with E-state index in [2.05, 4.69) is 5.32 Å². The summed E-state index contributed by atoms with van der Waals surface area (Å²) in [7, 11) is 0. The Morgan fingerprint density at radius 2 is 2.58 bits per heavy atom. The van der Waals surface area contributed by atoms with Gasteiger partial charge < -0.3 is 9.64 Å². The van der Waals surface area contributed by atoms with Crippen molar-refractivity contribution in [2.45, 2.75) is 18.9 Å². The van der Waals surface area contributed by atoms with Crippen molar-refractivity contribution < 1.29 is 9.53 Å². The van der Waals surface area contributed by atoms with Crippen LogP contribution in [0.5, 0.6) is 0 Å². The van der Waals surface area contributed by atoms with Crippen LogP contribution in [0, 0.1) is 0 Å². The predicted octanol–water partition coefficient (Wildman–Crippen LogP) is -0.445. The molecule has 1 atom stereocenters. The summed E-state index contributed by atoms with van der Waals surface area (Å²) in [6.07, 6.45) is 2.53. The van der Waals surface area contributed by atoms with Crippen molar-refractivity contribution in [1.82, 2.24) is 10.2 Å². The molecule has 2 heterocycles. The minimum Gasteiger partial charge on any atom is -0.376 e. The van der Waals surface area contributed by atoms with Crippen molar-refractivity contribution in [1.29, 1.82) is 0 Å². The molecule has 2 aliphatic rings. The third kappa shape index (κ3) is 1.59. The van der Waals surface area contributed by atoms with E-state index in [4.69, 9.17) is 4.74 Å². The van der Waals surface area contributed by atoms with Gasteiger partial charge in [0.1, 0.15) is 0 Å². The summed E-state index contributed by atoms with van der Waals surface area (Å²) < 4.78 is 5.44. The molecule has 4 nitrogen and oxygen atoms in total. The number of carbonyl (C=O) groups excluding carboxylic acids is 1. The van der Waals surface area contributed by atoms with E-state index in [-0.39, 0.29) is 12.0 Å². The molecular formula is C8H14N2O2. The fourth-order valence-electron chi connectivity index (χ4n) is 1.70. The molecule has 68 valence electrons. The molecule has 1 N–H and O–H groups in total. The highest BCUT2D eigenvalue weighted by atomic mass is 16.5. The Morgan fingerprint density at radius 1 is 1.67 bits per heavy atom. The fourth-order valence-corrected chi connectivity index (χ4v) is 1.70. The number of carbonyl (C=O) groups is 1. The van der Waals surface area contributed by atoms with Gasteiger partial charge in [0.25, 0.3) is 0 Å². The topological polar surface area (TPSA) is 41.6 Å². The maximum Gasteiger partial charge on any atom is 0.237 e. The Kier molecular flexibility index (Phi) is 2.28. The zero-order valence-corrected chi connectivity index (χ0v) is 7.08. The molecule has 0 aromatic rings. The van der Waals surface area contributed by atoms with Gasteiger partial charge in [-0.2, -0.15) is 0 Å². The average Bonchev–Trinajstić information content (AvgIpc) is 2.65. The minimum atomic E-state index is 0.200. The van der Waals surface area contributed by atoms with Gasteiger partial charge >= 0.3 is 0 Å². The Balaban J connectivity index is 1.81. The summed E-state index contributed by atoms with van der Waals surface area (Å²) in [6, 6.07) is 0. The molecule has 0 aromatic carbocycles. The predicted molar refractivity (Wildman–Crippen MR) is 43.6 cm³/mol. The molecule has 2 saturated heterocycles. The van der Waals surface area contributed by atoms with Crippen LogP contribution < -0.4 is 5.32 Å². The highest BCUT2D eigenvalue weighted by molar-refractivity contribution is 5.80. The van der Waals surface area contributed by atoms with Crippen LogP contribution in [0.2, 0.25) is 0 Å². The van der Waals surface area contributed by atoms with E-state index < -0.39 is 0 Å². The van der Waals surface area contributed by atoms with Crippen LogP contribution in [0.3, 0.4) is 0 Å². The van der Waals surface area contributed by atoms with E-state index in [1.165, 1.54) is 0 Å². The lowest BCUT2D eigenvalue weighted by atomic mass is 10.2. The van der Waals surface area contributed by atoms with Crippen LogP contribution in [0.4, 0.5) is 0 Å². The second-order valence-electron chi connectivity index (χ2n) is 3.34. The first-order chi connectivity index (χ1) is 5.86. The molecule has 12 heavy (non-hydrogen) atoms. The third-order valence-corrected chi connectivity index (χ3v) is 2.38. The largest absolute Gasteiger partial charge is 0.376 e. The first-order valence-corrected chi connectivity index (χ1v) is 4.46. The molecule has 2 fully saturated rings. The van der Waals surface area contributed by atoms with Gasteiger partial charge in [-0.3, -0.25) is 10.1 Å². The van der Waals surface area contributed by atoms with Crippen molar-refractivity contribution in [3.63, 3.8) is 0 Å². The summed E-state index contributed by atoms with van der Waals surface area (Å²) in [5.74, 6) is 0.200. The number of hydrogen-bond acceptors (Lipinski definition) is 3. The third-order valence-electron chi connectivity index (χ3n) is 2.38. The van der Waals surface area contributed by atoms with E-state index in [0.29, 0.717) is 13.2 Å². The van der Waals surface area contributed by atoms with Crippen LogP contribution in [0.1, 0.15) is 12.8 Å². The quantitative estimate of drug-likeness (QED) is 0.610. The van der Waals surface area contributed by atoms with E-state index in [1.807, 2.05) is 4.90 Å². The van der Waals surface area contributed by atoms with Gasteiger partial charge in [-0.05, 0) is 12.8 Å². The molecule has 2 rings (SSSR count). The smallest absolute Gasteiger partial charge is 0.237 e. The van der Waals surface area contributed by atoms with Gasteiger partial charge in [-0.15, -0.1) is 0 Å². The van der Waals surface area contributed by atoms with E-state index >= 15 is 0 Å². The van der Waals surface area contributed by atoms with E-state index in [1.54, 1.807) is 0 Å². The number of amides is 1. The van der Waals surface area contributed by atoms with Gasteiger partial charge in [0.2, 0.25) is 5.91 Å². The molecule has 0 bridgehead atoms. The van der Waals surface area contributed by atoms with Crippen molar-refractivity contribution >= 4 is 5.91 Å². The van der Waals surface area contributed by atoms with Crippen LogP contribution in [0.15, 0.2) is 0 Å². The van der Waals surface area contributed by atoms with Gasteiger partial charge in [-0.25, -0.2) is 0 Å². The molecular weight excluding hydrogens is 156 g/mol. The molecule has 0 radical (unpaired) electrons. The summed E-state index contributed by atoms with van der Waals surface area (Å²) in [4.78, 5) is 13.0. The Labute approximate surface area is 71.9 Å². The molecule has 2 aliphatic heterocycles. The zero-order valence-electron chi connectivity index (χ0n) is 7.08. The van der Waals surface area contributed by atoms with Crippen molar-refractivity contribution in [3.8, 4) is 0 Å². The minimum absolute atomic E-state index is 0.200. The van der Waals surface area contributed by atoms with Crippen LogP contribution >= 0.6 is 0 Å². The monoisotopic (exact) mass is 170 g/mol. The zero-order chi connectivity index (χ0) is 8.39. The second kappa shape index (κ2) is 3.41. The molecule has 0 aromatic heterocycles. The van der Waals surface area contributed by atoms with Crippen molar-refractivity contribution in [3.05, 3.63) is 0 Å². The summed E-state index contributed by atoms with van der Waals surface area (Å²) in [5, 5.41) is 3.02. The lowest BCUT2D eigenvalue weighted by molar-refractivity contribution is -0.127. The van der Waals surface area contributed by atoms with Crippen LogP contribution in [-0.2, 0) is 9.53 Å². The highest BCUT2D eigenvalue weighted by Gasteiger charge is 2.25. The molecule has 1 amide bonds. The van der Waals surface area contributed by atoms with Crippen LogP contribution in [0.25, 0.3) is 0 Å². The number of hydrogen-bond donors (Lipinski definition) is 1. The van der Waals surface area contributed by atoms with Crippen molar-refractivity contribution in [2.75, 3.05) is 26.4 Å². The maximum atomic E-state index is 11.2. The number of rotatable bonds is 2. The molecule has 4 heteroatoms. The fraction of sp³-hybridized carbons (Fsp3) is 0.875.